The lowest BCUT2D eigenvalue weighted by Crippen LogP contribution is -2.35. The Hall–Kier alpha value is -2.29. The van der Waals surface area contributed by atoms with Crippen LogP contribution in [0.15, 0.2) is 24.3 Å². The fourth-order valence-electron chi connectivity index (χ4n) is 1.12. The highest BCUT2D eigenvalue weighted by molar-refractivity contribution is 7.91. The van der Waals surface area contributed by atoms with Gasteiger partial charge >= 0.3 is 22.3 Å². The molecule has 8 nitrogen and oxygen atoms in total. The molecular weight excluding hydrogens is 276 g/mol. The topological polar surface area (TPSA) is 111 Å². The van der Waals surface area contributed by atoms with Crippen LogP contribution >= 0.6 is 0 Å². The van der Waals surface area contributed by atoms with Crippen LogP contribution in [-0.4, -0.2) is 34.7 Å². The number of ether oxygens (including phenoxy) is 2. The molecule has 0 atom stereocenters. The van der Waals surface area contributed by atoms with E-state index < -0.39 is 22.3 Å². The summed E-state index contributed by atoms with van der Waals surface area (Å²) in [7, 11) is -1.80. The van der Waals surface area contributed by atoms with Gasteiger partial charge in [-0.1, -0.05) is 0 Å². The van der Waals surface area contributed by atoms with Crippen molar-refractivity contribution in [3.8, 4) is 0 Å². The van der Waals surface area contributed by atoms with E-state index >= 15 is 0 Å². The highest BCUT2D eigenvalue weighted by Gasteiger charge is 2.14. The second-order valence-electron chi connectivity index (χ2n) is 3.27. The number of anilines is 1. The van der Waals surface area contributed by atoms with Gasteiger partial charge in [-0.3, -0.25) is 4.72 Å². The number of methoxy groups -OCH3 is 2. The molecule has 0 aliphatic rings. The van der Waals surface area contributed by atoms with E-state index in [0.29, 0.717) is 0 Å². The van der Waals surface area contributed by atoms with Gasteiger partial charge in [0.25, 0.3) is 0 Å². The summed E-state index contributed by atoms with van der Waals surface area (Å²) in [6.07, 6.45) is -1.11. The van der Waals surface area contributed by atoms with Gasteiger partial charge in [-0.25, -0.2) is 14.3 Å². The SMILES string of the molecule is COC(=O)NS(=O)(=O)Nc1ccc(C(=O)OC)cc1. The second kappa shape index (κ2) is 6.05. The average molecular weight is 288 g/mol. The molecule has 104 valence electrons. The molecule has 19 heavy (non-hydrogen) atoms. The van der Waals surface area contributed by atoms with E-state index in [4.69, 9.17) is 0 Å². The molecule has 0 unspecified atom stereocenters. The van der Waals surface area contributed by atoms with E-state index in [1.807, 2.05) is 0 Å². The van der Waals surface area contributed by atoms with Crippen LogP contribution in [-0.2, 0) is 19.7 Å². The van der Waals surface area contributed by atoms with Crippen LogP contribution in [0, 0.1) is 0 Å². The molecule has 0 aromatic heterocycles. The lowest BCUT2D eigenvalue weighted by Gasteiger charge is -2.08. The van der Waals surface area contributed by atoms with Crippen molar-refractivity contribution in [3.63, 3.8) is 0 Å². The minimum Gasteiger partial charge on any atom is -0.465 e. The number of nitrogens with one attached hydrogen (secondary N) is 2. The largest absolute Gasteiger partial charge is 0.465 e. The number of rotatable bonds is 4. The molecule has 0 saturated heterocycles. The predicted octanol–water partition coefficient (Wildman–Crippen LogP) is 0.486. The van der Waals surface area contributed by atoms with Crippen molar-refractivity contribution in [2.75, 3.05) is 18.9 Å². The zero-order valence-electron chi connectivity index (χ0n) is 10.2. The van der Waals surface area contributed by atoms with Crippen molar-refractivity contribution < 1.29 is 27.5 Å². The van der Waals surface area contributed by atoms with Gasteiger partial charge in [0, 0.05) is 0 Å². The zero-order chi connectivity index (χ0) is 14.5. The first-order valence-corrected chi connectivity index (χ1v) is 6.43. The molecule has 0 radical (unpaired) electrons. The predicted molar refractivity (Wildman–Crippen MR) is 65.9 cm³/mol. The Morgan fingerprint density at radius 1 is 1.05 bits per heavy atom. The molecule has 1 aromatic carbocycles. The molecule has 1 rings (SSSR count). The fourth-order valence-corrected chi connectivity index (χ4v) is 1.92. The summed E-state index contributed by atoms with van der Waals surface area (Å²) in [5, 5.41) is 0. The van der Waals surface area contributed by atoms with Crippen molar-refractivity contribution in [1.82, 2.24) is 4.72 Å². The minimum atomic E-state index is -4.08. The van der Waals surface area contributed by atoms with Crippen LogP contribution in [0.5, 0.6) is 0 Å². The van der Waals surface area contributed by atoms with E-state index in [2.05, 4.69) is 14.2 Å². The molecule has 0 fully saturated rings. The summed E-state index contributed by atoms with van der Waals surface area (Å²) in [6, 6.07) is 5.45. The summed E-state index contributed by atoms with van der Waals surface area (Å²) in [5.41, 5.74) is 0.440. The van der Waals surface area contributed by atoms with E-state index in [-0.39, 0.29) is 11.3 Å². The molecule has 0 aliphatic heterocycles. The number of amides is 1. The first-order valence-electron chi connectivity index (χ1n) is 4.95. The van der Waals surface area contributed by atoms with Crippen LogP contribution < -0.4 is 9.44 Å². The number of benzene rings is 1. The third kappa shape index (κ3) is 4.47. The summed E-state index contributed by atoms with van der Waals surface area (Å²) in [4.78, 5) is 21.9. The molecule has 0 heterocycles. The maximum Gasteiger partial charge on any atom is 0.422 e. The van der Waals surface area contributed by atoms with Gasteiger partial charge in [-0.05, 0) is 24.3 Å². The molecule has 0 bridgehead atoms. The highest BCUT2D eigenvalue weighted by Crippen LogP contribution is 2.11. The quantitative estimate of drug-likeness (QED) is 0.780. The van der Waals surface area contributed by atoms with Gasteiger partial charge < -0.3 is 9.47 Å². The van der Waals surface area contributed by atoms with Crippen LogP contribution in [0.2, 0.25) is 0 Å². The minimum absolute atomic E-state index is 0.170. The van der Waals surface area contributed by atoms with Crippen molar-refractivity contribution in [2.45, 2.75) is 0 Å². The van der Waals surface area contributed by atoms with E-state index in [1.165, 1.54) is 31.4 Å². The van der Waals surface area contributed by atoms with Crippen molar-refractivity contribution in [1.29, 1.82) is 0 Å². The molecule has 2 N–H and O–H groups in total. The summed E-state index contributed by atoms with van der Waals surface area (Å²) in [6.45, 7) is 0. The van der Waals surface area contributed by atoms with E-state index in [9.17, 15) is 18.0 Å². The number of carbonyl (C=O) groups is 2. The standard InChI is InChI=1S/C10H12N2O6S/c1-17-9(13)7-3-5-8(6-4-7)11-19(15,16)12-10(14)18-2/h3-6,11H,1-2H3,(H,12,14). The van der Waals surface area contributed by atoms with Gasteiger partial charge in [0.1, 0.15) is 0 Å². The van der Waals surface area contributed by atoms with Gasteiger partial charge in [0.15, 0.2) is 0 Å². The van der Waals surface area contributed by atoms with E-state index in [1.54, 1.807) is 4.72 Å². The first kappa shape index (κ1) is 14.8. The Balaban J connectivity index is 2.78. The highest BCUT2D eigenvalue weighted by atomic mass is 32.2. The smallest absolute Gasteiger partial charge is 0.422 e. The van der Waals surface area contributed by atoms with Crippen LogP contribution in [0.4, 0.5) is 10.5 Å². The summed E-state index contributed by atoms with van der Waals surface area (Å²) in [5.74, 6) is -0.540. The Morgan fingerprint density at radius 3 is 2.11 bits per heavy atom. The average Bonchev–Trinajstić information content (AvgIpc) is 2.37. The van der Waals surface area contributed by atoms with Gasteiger partial charge in [0.2, 0.25) is 0 Å². The maximum atomic E-state index is 11.4. The number of esters is 1. The summed E-state index contributed by atoms with van der Waals surface area (Å²) < 4.78 is 35.2. The van der Waals surface area contributed by atoms with Gasteiger partial charge in [-0.15, -0.1) is 0 Å². The van der Waals surface area contributed by atoms with Crippen LogP contribution in [0.1, 0.15) is 10.4 Å². The number of hydrogen-bond donors (Lipinski definition) is 2. The van der Waals surface area contributed by atoms with Gasteiger partial charge in [0.05, 0.1) is 25.5 Å². The molecule has 1 amide bonds. The fraction of sp³-hybridized carbons (Fsp3) is 0.200. The summed E-state index contributed by atoms with van der Waals surface area (Å²) >= 11 is 0. The van der Waals surface area contributed by atoms with Crippen molar-refractivity contribution in [3.05, 3.63) is 29.8 Å². The van der Waals surface area contributed by atoms with Gasteiger partial charge in [-0.2, -0.15) is 8.42 Å². The van der Waals surface area contributed by atoms with Crippen molar-refractivity contribution in [2.24, 2.45) is 0 Å². The Kier molecular flexibility index (Phi) is 4.70. The normalized spacial score (nSPS) is 10.4. The van der Waals surface area contributed by atoms with E-state index in [0.717, 1.165) is 7.11 Å². The molecule has 0 spiro atoms. The second-order valence-corrected chi connectivity index (χ2v) is 4.68. The third-order valence-corrected chi connectivity index (χ3v) is 2.90. The monoisotopic (exact) mass is 288 g/mol. The molecule has 0 saturated carbocycles. The Morgan fingerprint density at radius 2 is 1.63 bits per heavy atom. The number of hydrogen-bond acceptors (Lipinski definition) is 6. The number of carbonyl (C=O) groups excluding carboxylic acids is 2. The lowest BCUT2D eigenvalue weighted by molar-refractivity contribution is 0.0600. The first-order chi connectivity index (χ1) is 8.88. The third-order valence-electron chi connectivity index (χ3n) is 1.96. The maximum absolute atomic E-state index is 11.4. The van der Waals surface area contributed by atoms with Crippen LogP contribution in [0.3, 0.4) is 0 Å². The Bertz CT molecular complexity index is 566. The molecule has 0 aliphatic carbocycles. The van der Waals surface area contributed by atoms with Crippen molar-refractivity contribution >= 4 is 28.0 Å². The molecular formula is C10H12N2O6S. The Labute approximate surface area is 109 Å². The molecule has 9 heteroatoms. The zero-order valence-corrected chi connectivity index (χ0v) is 11.0. The molecule has 1 aromatic rings. The lowest BCUT2D eigenvalue weighted by atomic mass is 10.2. The van der Waals surface area contributed by atoms with Crippen LogP contribution in [0.25, 0.3) is 0 Å².